The highest BCUT2D eigenvalue weighted by Crippen LogP contribution is 2.47. The van der Waals surface area contributed by atoms with E-state index in [-0.39, 0.29) is 11.8 Å². The van der Waals surface area contributed by atoms with Crippen LogP contribution in [0.1, 0.15) is 40.5 Å². The monoisotopic (exact) mass is 216 g/mol. The fourth-order valence-corrected chi connectivity index (χ4v) is 3.04. The molecule has 0 aliphatic carbocycles. The van der Waals surface area contributed by atoms with E-state index in [1.54, 1.807) is 6.92 Å². The van der Waals surface area contributed by atoms with Crippen molar-refractivity contribution in [2.24, 2.45) is 0 Å². The Morgan fingerprint density at radius 1 is 1.43 bits per heavy atom. The predicted octanol–water partition coefficient (Wildman–Crippen LogP) is 2.14. The number of hydrogen-bond acceptors (Lipinski definition) is 4. The Morgan fingerprint density at radius 2 is 2.00 bits per heavy atom. The van der Waals surface area contributed by atoms with Gasteiger partial charge in [0.15, 0.2) is 4.93 Å². The molecule has 1 unspecified atom stereocenters. The van der Waals surface area contributed by atoms with Crippen LogP contribution in [0.3, 0.4) is 0 Å². The van der Waals surface area contributed by atoms with Gasteiger partial charge in [-0.2, -0.15) is 0 Å². The van der Waals surface area contributed by atoms with Crippen molar-refractivity contribution in [2.45, 2.75) is 50.2 Å². The summed E-state index contributed by atoms with van der Waals surface area (Å²) in [7, 11) is 0. The number of cyclic esters (lactones) is 1. The lowest BCUT2D eigenvalue weighted by Gasteiger charge is -2.19. The first-order valence-corrected chi connectivity index (χ1v) is 5.50. The molecule has 0 saturated carbocycles. The third-order valence-electron chi connectivity index (χ3n) is 2.20. The number of Topliss-reactive ketones (excluding diaryl/α,β-unsaturated/α-hetero) is 1. The maximum atomic E-state index is 11.6. The molecule has 1 heterocycles. The fourth-order valence-electron chi connectivity index (χ4n) is 1.50. The zero-order valence-electron chi connectivity index (χ0n) is 9.05. The minimum atomic E-state index is -0.546. The smallest absolute Gasteiger partial charge is 0.323 e. The van der Waals surface area contributed by atoms with Crippen LogP contribution in [-0.4, -0.2) is 21.4 Å². The lowest BCUT2D eigenvalue weighted by atomic mass is 10.0. The van der Waals surface area contributed by atoms with Crippen LogP contribution in [0, 0.1) is 0 Å². The summed E-state index contributed by atoms with van der Waals surface area (Å²) in [4.78, 5) is 22.0. The number of carbonyl (C=O) groups is 2. The van der Waals surface area contributed by atoms with Gasteiger partial charge in [0.2, 0.25) is 0 Å². The van der Waals surface area contributed by atoms with Gasteiger partial charge >= 0.3 is 5.97 Å². The standard InChI is InChI=1S/C10H16O3S/c1-7(11)5-6-10(4)8(12)13-9(2,3)14-10/h5-6H2,1-4H3. The number of thioether (sulfide) groups is 1. The van der Waals surface area contributed by atoms with Crippen molar-refractivity contribution in [1.29, 1.82) is 0 Å². The molecule has 0 spiro atoms. The summed E-state index contributed by atoms with van der Waals surface area (Å²) >= 11 is 1.50. The highest BCUT2D eigenvalue weighted by atomic mass is 32.2. The molecule has 14 heavy (non-hydrogen) atoms. The van der Waals surface area contributed by atoms with Gasteiger partial charge in [0.25, 0.3) is 0 Å². The molecule has 0 radical (unpaired) electrons. The number of carbonyl (C=O) groups excluding carboxylic acids is 2. The number of hydrogen-bond donors (Lipinski definition) is 0. The van der Waals surface area contributed by atoms with Crippen molar-refractivity contribution in [3.63, 3.8) is 0 Å². The average Bonchev–Trinajstić information content (AvgIpc) is 2.18. The summed E-state index contributed by atoms with van der Waals surface area (Å²) in [6.45, 7) is 7.13. The second-order valence-corrected chi connectivity index (χ2v) is 6.41. The van der Waals surface area contributed by atoms with Gasteiger partial charge in [-0.3, -0.25) is 4.79 Å². The van der Waals surface area contributed by atoms with E-state index in [1.165, 1.54) is 11.8 Å². The molecule has 1 fully saturated rings. The van der Waals surface area contributed by atoms with Crippen LogP contribution in [0.25, 0.3) is 0 Å². The molecule has 0 amide bonds. The summed E-state index contributed by atoms with van der Waals surface area (Å²) in [6.07, 6.45) is 1.00. The maximum Gasteiger partial charge on any atom is 0.323 e. The van der Waals surface area contributed by atoms with Crippen LogP contribution in [0.4, 0.5) is 0 Å². The molecular weight excluding hydrogens is 200 g/mol. The average molecular weight is 216 g/mol. The van der Waals surface area contributed by atoms with Crippen molar-refractivity contribution in [3.05, 3.63) is 0 Å². The number of rotatable bonds is 3. The molecule has 3 nitrogen and oxygen atoms in total. The van der Waals surface area contributed by atoms with E-state index in [4.69, 9.17) is 4.74 Å². The van der Waals surface area contributed by atoms with Gasteiger partial charge in [-0.1, -0.05) is 11.8 Å². The molecule has 1 rings (SSSR count). The number of ketones is 1. The highest BCUT2D eigenvalue weighted by Gasteiger charge is 2.49. The van der Waals surface area contributed by atoms with Crippen LogP contribution in [0.5, 0.6) is 0 Å². The van der Waals surface area contributed by atoms with E-state index < -0.39 is 9.68 Å². The Balaban J connectivity index is 2.66. The number of ether oxygens (including phenoxy) is 1. The lowest BCUT2D eigenvalue weighted by Crippen LogP contribution is -2.27. The van der Waals surface area contributed by atoms with Gasteiger partial charge < -0.3 is 9.53 Å². The second-order valence-electron chi connectivity index (χ2n) is 4.32. The van der Waals surface area contributed by atoms with E-state index in [0.717, 1.165) is 0 Å². The molecule has 1 aliphatic rings. The van der Waals surface area contributed by atoms with Gasteiger partial charge in [-0.15, -0.1) is 0 Å². The molecule has 1 saturated heterocycles. The topological polar surface area (TPSA) is 43.4 Å². The van der Waals surface area contributed by atoms with Gasteiger partial charge in [-0.05, 0) is 34.1 Å². The molecular formula is C10H16O3S. The predicted molar refractivity (Wildman–Crippen MR) is 56.1 cm³/mol. The first-order valence-electron chi connectivity index (χ1n) is 4.68. The van der Waals surface area contributed by atoms with Crippen LogP contribution in [0.15, 0.2) is 0 Å². The third-order valence-corrected chi connectivity index (χ3v) is 3.59. The summed E-state index contributed by atoms with van der Waals surface area (Å²) in [5, 5.41) is 0. The van der Waals surface area contributed by atoms with Crippen LogP contribution in [-0.2, 0) is 14.3 Å². The molecule has 1 aliphatic heterocycles. The van der Waals surface area contributed by atoms with Crippen LogP contribution >= 0.6 is 11.8 Å². The zero-order chi connectivity index (χ0) is 11.0. The summed E-state index contributed by atoms with van der Waals surface area (Å²) < 4.78 is 4.66. The van der Waals surface area contributed by atoms with E-state index in [2.05, 4.69) is 0 Å². The maximum absolute atomic E-state index is 11.6. The highest BCUT2D eigenvalue weighted by molar-refractivity contribution is 8.02. The van der Waals surface area contributed by atoms with Crippen LogP contribution < -0.4 is 0 Å². The summed E-state index contributed by atoms with van der Waals surface area (Å²) in [6, 6.07) is 0. The summed E-state index contributed by atoms with van der Waals surface area (Å²) in [5.41, 5.74) is 0. The molecule has 4 heteroatoms. The van der Waals surface area contributed by atoms with Crippen molar-refractivity contribution in [3.8, 4) is 0 Å². The lowest BCUT2D eigenvalue weighted by molar-refractivity contribution is -0.148. The third kappa shape index (κ3) is 2.50. The van der Waals surface area contributed by atoms with Crippen LogP contribution in [0.2, 0.25) is 0 Å². The molecule has 0 bridgehead atoms. The Labute approximate surface area is 88.6 Å². The quantitative estimate of drug-likeness (QED) is 0.678. The normalized spacial score (nSPS) is 30.1. The second kappa shape index (κ2) is 3.57. The Morgan fingerprint density at radius 3 is 2.36 bits per heavy atom. The largest absolute Gasteiger partial charge is 0.447 e. The molecule has 0 N–H and O–H groups in total. The Kier molecular flexibility index (Phi) is 2.95. The van der Waals surface area contributed by atoms with Gasteiger partial charge in [0.05, 0.1) is 0 Å². The number of esters is 1. The van der Waals surface area contributed by atoms with Gasteiger partial charge in [0, 0.05) is 6.42 Å². The fraction of sp³-hybridized carbons (Fsp3) is 0.800. The van der Waals surface area contributed by atoms with Gasteiger partial charge in [0.1, 0.15) is 10.5 Å². The molecule has 1 atom stereocenters. The molecule has 0 aromatic carbocycles. The van der Waals surface area contributed by atoms with Crippen molar-refractivity contribution < 1.29 is 14.3 Å². The first-order chi connectivity index (χ1) is 6.25. The first kappa shape index (κ1) is 11.6. The molecule has 80 valence electrons. The minimum Gasteiger partial charge on any atom is -0.447 e. The van der Waals surface area contributed by atoms with Crippen molar-refractivity contribution in [1.82, 2.24) is 0 Å². The van der Waals surface area contributed by atoms with Crippen molar-refractivity contribution >= 4 is 23.5 Å². The Bertz CT molecular complexity index is 273. The Hall–Kier alpha value is -0.510. The van der Waals surface area contributed by atoms with E-state index >= 15 is 0 Å². The van der Waals surface area contributed by atoms with Gasteiger partial charge in [-0.25, -0.2) is 0 Å². The minimum absolute atomic E-state index is 0.115. The van der Waals surface area contributed by atoms with Crippen molar-refractivity contribution in [2.75, 3.05) is 0 Å². The van der Waals surface area contributed by atoms with E-state index in [1.807, 2.05) is 20.8 Å². The van der Waals surface area contributed by atoms with E-state index in [0.29, 0.717) is 12.8 Å². The molecule has 0 aromatic heterocycles. The van der Waals surface area contributed by atoms with E-state index in [9.17, 15) is 9.59 Å². The SMILES string of the molecule is CC(=O)CCC1(C)SC(C)(C)OC1=O. The zero-order valence-corrected chi connectivity index (χ0v) is 9.86. The molecule has 0 aromatic rings. The summed E-state index contributed by atoms with van der Waals surface area (Å²) in [5.74, 6) is -0.0851.